The minimum atomic E-state index is 0.466. The molecule has 114 valence electrons. The number of hydrogen-bond acceptors (Lipinski definition) is 5. The maximum atomic E-state index is 5.25. The first kappa shape index (κ1) is 16.2. The van der Waals surface area contributed by atoms with E-state index in [1.807, 2.05) is 13.2 Å². The predicted octanol–water partition coefficient (Wildman–Crippen LogP) is 2.62. The van der Waals surface area contributed by atoms with Gasteiger partial charge < -0.3 is 10.1 Å². The molecule has 0 aromatic carbocycles. The zero-order chi connectivity index (χ0) is 15.4. The van der Waals surface area contributed by atoms with E-state index in [0.29, 0.717) is 12.4 Å². The number of aromatic nitrogens is 4. The van der Waals surface area contributed by atoms with Crippen LogP contribution in [0, 0.1) is 3.57 Å². The Kier molecular flexibility index (Phi) is 5.51. The van der Waals surface area contributed by atoms with Gasteiger partial charge in [-0.1, -0.05) is 6.92 Å². The molecule has 2 rings (SSSR count). The number of nitrogens with zero attached hydrogens (tertiary/aromatic N) is 4. The van der Waals surface area contributed by atoms with Crippen LogP contribution in [0.3, 0.4) is 0 Å². The van der Waals surface area contributed by atoms with E-state index < -0.39 is 0 Å². The molecule has 0 unspecified atom stereocenters. The Morgan fingerprint density at radius 2 is 2.05 bits per heavy atom. The van der Waals surface area contributed by atoms with Gasteiger partial charge in [-0.25, -0.2) is 9.97 Å². The number of hydrogen-bond donors (Lipinski definition) is 1. The molecule has 6 nitrogen and oxygen atoms in total. The van der Waals surface area contributed by atoms with Gasteiger partial charge >= 0.3 is 0 Å². The molecule has 0 saturated heterocycles. The zero-order valence-electron chi connectivity index (χ0n) is 12.8. The van der Waals surface area contributed by atoms with Crippen molar-refractivity contribution in [2.45, 2.75) is 26.9 Å². The molecular formula is C14H20IN5O. The molecule has 21 heavy (non-hydrogen) atoms. The molecule has 0 radical (unpaired) electrons. The maximum Gasteiger partial charge on any atom is 0.165 e. The number of ether oxygens (including phenoxy) is 1. The van der Waals surface area contributed by atoms with Gasteiger partial charge in [-0.3, -0.25) is 4.68 Å². The lowest BCUT2D eigenvalue weighted by atomic mass is 10.2. The van der Waals surface area contributed by atoms with Crippen molar-refractivity contribution in [2.24, 2.45) is 7.05 Å². The lowest BCUT2D eigenvalue weighted by Crippen LogP contribution is -2.09. The molecule has 1 N–H and O–H groups in total. The van der Waals surface area contributed by atoms with E-state index in [4.69, 9.17) is 4.74 Å². The monoisotopic (exact) mass is 401 g/mol. The molecule has 0 aliphatic rings. The summed E-state index contributed by atoms with van der Waals surface area (Å²) in [5.74, 6) is 1.55. The van der Waals surface area contributed by atoms with E-state index in [1.165, 1.54) is 0 Å². The van der Waals surface area contributed by atoms with Crippen molar-refractivity contribution in [2.75, 3.05) is 19.0 Å². The molecule has 2 heterocycles. The highest BCUT2D eigenvalue weighted by Gasteiger charge is 2.16. The van der Waals surface area contributed by atoms with E-state index in [1.54, 1.807) is 11.8 Å². The number of nitrogens with one attached hydrogen (secondary N) is 1. The first-order valence-electron chi connectivity index (χ1n) is 6.92. The van der Waals surface area contributed by atoms with Crippen molar-refractivity contribution in [3.8, 4) is 11.4 Å². The van der Waals surface area contributed by atoms with Crippen LogP contribution < -0.4 is 5.32 Å². The number of anilines is 1. The van der Waals surface area contributed by atoms with Gasteiger partial charge in [-0.2, -0.15) is 5.10 Å². The lowest BCUT2D eigenvalue weighted by molar-refractivity contribution is 0.181. The van der Waals surface area contributed by atoms with Gasteiger partial charge in [0, 0.05) is 26.9 Å². The number of aryl methyl sites for hydroxylation is 2. The van der Waals surface area contributed by atoms with E-state index in [9.17, 15) is 0 Å². The summed E-state index contributed by atoms with van der Waals surface area (Å²) in [7, 11) is 3.59. The summed E-state index contributed by atoms with van der Waals surface area (Å²) in [5, 5.41) is 7.75. The summed E-state index contributed by atoms with van der Waals surface area (Å²) >= 11 is 2.26. The van der Waals surface area contributed by atoms with Crippen molar-refractivity contribution < 1.29 is 4.74 Å². The third-order valence-electron chi connectivity index (χ3n) is 3.03. The fourth-order valence-corrected chi connectivity index (χ4v) is 2.70. The molecule has 0 fully saturated rings. The van der Waals surface area contributed by atoms with Crippen molar-refractivity contribution in [3.05, 3.63) is 21.2 Å². The minimum Gasteiger partial charge on any atom is -0.378 e. The second-order valence-corrected chi connectivity index (χ2v) is 5.72. The molecule has 0 saturated carbocycles. The van der Waals surface area contributed by atoms with Crippen LogP contribution in [0.25, 0.3) is 11.4 Å². The average molecular weight is 401 g/mol. The molecule has 0 bridgehead atoms. The number of halogens is 1. The topological polar surface area (TPSA) is 64.9 Å². The van der Waals surface area contributed by atoms with E-state index in [0.717, 1.165) is 39.3 Å². The van der Waals surface area contributed by atoms with Gasteiger partial charge in [0.15, 0.2) is 5.82 Å². The molecule has 0 amide bonds. The normalized spacial score (nSPS) is 10.9. The molecule has 2 aromatic heterocycles. The van der Waals surface area contributed by atoms with E-state index in [-0.39, 0.29) is 0 Å². The van der Waals surface area contributed by atoms with Gasteiger partial charge in [0.2, 0.25) is 0 Å². The molecule has 0 spiro atoms. The van der Waals surface area contributed by atoms with Crippen LogP contribution in [-0.4, -0.2) is 33.4 Å². The van der Waals surface area contributed by atoms with Crippen molar-refractivity contribution >= 4 is 28.4 Å². The number of rotatable bonds is 6. The molecule has 2 aromatic rings. The van der Waals surface area contributed by atoms with Crippen LogP contribution in [-0.2, 0) is 24.8 Å². The SMILES string of the molecule is CCNc1nc(-c2cn(C)nc2CC)nc(COC)c1I. The molecule has 0 aliphatic carbocycles. The summed E-state index contributed by atoms with van der Waals surface area (Å²) in [6.07, 6.45) is 2.81. The Balaban J connectivity index is 2.56. The highest BCUT2D eigenvalue weighted by Crippen LogP contribution is 2.26. The van der Waals surface area contributed by atoms with Crippen LogP contribution in [0.15, 0.2) is 6.20 Å². The fourth-order valence-electron chi connectivity index (χ4n) is 2.11. The minimum absolute atomic E-state index is 0.466. The predicted molar refractivity (Wildman–Crippen MR) is 91.2 cm³/mol. The molecular weight excluding hydrogens is 381 g/mol. The molecule has 0 atom stereocenters. The third-order valence-corrected chi connectivity index (χ3v) is 4.16. The zero-order valence-corrected chi connectivity index (χ0v) is 14.9. The number of methoxy groups -OCH3 is 1. The summed E-state index contributed by atoms with van der Waals surface area (Å²) < 4.78 is 8.06. The largest absolute Gasteiger partial charge is 0.378 e. The van der Waals surface area contributed by atoms with E-state index in [2.05, 4.69) is 56.8 Å². The van der Waals surface area contributed by atoms with Crippen LogP contribution >= 0.6 is 22.6 Å². The Bertz CT molecular complexity index is 599. The summed E-state index contributed by atoms with van der Waals surface area (Å²) in [6.45, 7) is 5.41. The van der Waals surface area contributed by atoms with Crippen LogP contribution in [0.4, 0.5) is 5.82 Å². The maximum absolute atomic E-state index is 5.25. The highest BCUT2D eigenvalue weighted by atomic mass is 127. The summed E-state index contributed by atoms with van der Waals surface area (Å²) in [6, 6.07) is 0. The molecule has 0 aliphatic heterocycles. The Morgan fingerprint density at radius 1 is 1.29 bits per heavy atom. The quantitative estimate of drug-likeness (QED) is 0.754. The third kappa shape index (κ3) is 3.52. The van der Waals surface area contributed by atoms with E-state index >= 15 is 0 Å². The van der Waals surface area contributed by atoms with Crippen LogP contribution in [0.1, 0.15) is 25.2 Å². The lowest BCUT2D eigenvalue weighted by Gasteiger charge is -2.11. The first-order valence-corrected chi connectivity index (χ1v) is 8.00. The van der Waals surface area contributed by atoms with Crippen molar-refractivity contribution in [1.82, 2.24) is 19.7 Å². The second kappa shape index (κ2) is 7.17. The van der Waals surface area contributed by atoms with Crippen LogP contribution in [0.5, 0.6) is 0 Å². The highest BCUT2D eigenvalue weighted by molar-refractivity contribution is 14.1. The second-order valence-electron chi connectivity index (χ2n) is 4.64. The molecule has 7 heteroatoms. The van der Waals surface area contributed by atoms with Crippen molar-refractivity contribution in [3.63, 3.8) is 0 Å². The smallest absolute Gasteiger partial charge is 0.165 e. The Morgan fingerprint density at radius 3 is 2.67 bits per heavy atom. The van der Waals surface area contributed by atoms with Gasteiger partial charge in [-0.05, 0) is 35.9 Å². The van der Waals surface area contributed by atoms with Gasteiger partial charge in [-0.15, -0.1) is 0 Å². The van der Waals surface area contributed by atoms with Gasteiger partial charge in [0.05, 0.1) is 27.1 Å². The fraction of sp³-hybridized carbons (Fsp3) is 0.500. The summed E-state index contributed by atoms with van der Waals surface area (Å²) in [4.78, 5) is 9.32. The van der Waals surface area contributed by atoms with Gasteiger partial charge in [0.1, 0.15) is 5.82 Å². The Labute approximate surface area is 138 Å². The first-order chi connectivity index (χ1) is 10.1. The Hall–Kier alpha value is -1.22. The standard InChI is InChI=1S/C14H20IN5O/c1-5-10-9(7-20(3)19-10)13-17-11(8-21-4)12(15)14(18-13)16-6-2/h7H,5-6,8H2,1-4H3,(H,16,17,18). The van der Waals surface area contributed by atoms with Gasteiger partial charge in [0.25, 0.3) is 0 Å². The average Bonchev–Trinajstić information content (AvgIpc) is 2.84. The van der Waals surface area contributed by atoms with Crippen LogP contribution in [0.2, 0.25) is 0 Å². The van der Waals surface area contributed by atoms with Crippen molar-refractivity contribution in [1.29, 1.82) is 0 Å². The summed E-state index contributed by atoms with van der Waals surface area (Å²) in [5.41, 5.74) is 2.88.